The number of aliphatic hydroxyl groups excluding tert-OH is 1. The predicted octanol–water partition coefficient (Wildman–Crippen LogP) is 3.13. The first-order valence-corrected chi connectivity index (χ1v) is 5.74. The molecule has 5 heteroatoms. The molecular formula is C13H12ClFN2O. The average Bonchev–Trinajstić information content (AvgIpc) is 2.37. The summed E-state index contributed by atoms with van der Waals surface area (Å²) in [6, 6.07) is 7.80. The maximum absolute atomic E-state index is 13.1. The van der Waals surface area contributed by atoms with Gasteiger partial charge in [-0.15, -0.1) is 0 Å². The van der Waals surface area contributed by atoms with Crippen LogP contribution in [0.5, 0.6) is 0 Å². The van der Waals surface area contributed by atoms with E-state index in [0.29, 0.717) is 22.1 Å². The average molecular weight is 267 g/mol. The Balaban J connectivity index is 2.37. The molecule has 2 rings (SSSR count). The third-order valence-corrected chi connectivity index (χ3v) is 2.85. The van der Waals surface area contributed by atoms with Crippen molar-refractivity contribution in [2.75, 3.05) is 11.9 Å². The van der Waals surface area contributed by atoms with Crippen molar-refractivity contribution in [1.82, 2.24) is 4.98 Å². The summed E-state index contributed by atoms with van der Waals surface area (Å²) in [4.78, 5) is 5.85. The smallest absolute Gasteiger partial charge is 0.151 e. The van der Waals surface area contributed by atoms with Crippen LogP contribution in [-0.2, 0) is 6.61 Å². The molecular weight excluding hydrogens is 255 g/mol. The summed E-state index contributed by atoms with van der Waals surface area (Å²) in [6.07, 6.45) is 1.54. The molecule has 0 aliphatic carbocycles. The fourth-order valence-electron chi connectivity index (χ4n) is 1.61. The van der Waals surface area contributed by atoms with Gasteiger partial charge in [-0.1, -0.05) is 17.7 Å². The van der Waals surface area contributed by atoms with Crippen molar-refractivity contribution in [3.8, 4) is 0 Å². The van der Waals surface area contributed by atoms with Crippen LogP contribution in [0.25, 0.3) is 0 Å². The van der Waals surface area contributed by atoms with Crippen molar-refractivity contribution in [2.45, 2.75) is 6.61 Å². The first-order chi connectivity index (χ1) is 8.61. The molecule has 1 aromatic heterocycles. The topological polar surface area (TPSA) is 36.4 Å². The molecule has 1 N–H and O–H groups in total. The Hall–Kier alpha value is -1.65. The Bertz CT molecular complexity index is 562. The number of nitrogens with zero attached hydrogens (tertiary/aromatic N) is 2. The van der Waals surface area contributed by atoms with Gasteiger partial charge in [0, 0.05) is 18.9 Å². The van der Waals surface area contributed by atoms with Crippen molar-refractivity contribution in [1.29, 1.82) is 0 Å². The zero-order chi connectivity index (χ0) is 13.1. The molecule has 0 unspecified atom stereocenters. The molecule has 0 saturated heterocycles. The highest BCUT2D eigenvalue weighted by Crippen LogP contribution is 2.29. The van der Waals surface area contributed by atoms with Crippen molar-refractivity contribution in [3.05, 3.63) is 52.9 Å². The Morgan fingerprint density at radius 1 is 1.39 bits per heavy atom. The minimum absolute atomic E-state index is 0.114. The normalized spacial score (nSPS) is 10.4. The van der Waals surface area contributed by atoms with E-state index >= 15 is 0 Å². The van der Waals surface area contributed by atoms with E-state index in [1.807, 2.05) is 0 Å². The van der Waals surface area contributed by atoms with Crippen LogP contribution >= 0.6 is 11.6 Å². The van der Waals surface area contributed by atoms with E-state index in [9.17, 15) is 4.39 Å². The van der Waals surface area contributed by atoms with Crippen LogP contribution < -0.4 is 4.90 Å². The van der Waals surface area contributed by atoms with E-state index < -0.39 is 0 Å². The molecule has 0 aliphatic rings. The monoisotopic (exact) mass is 266 g/mol. The predicted molar refractivity (Wildman–Crippen MR) is 69.6 cm³/mol. The molecule has 0 saturated carbocycles. The standard InChI is InChI=1S/C13H12ClFN2O/c1-17(11-4-2-3-10(15)6-11)13-12(14)5-9(8-18)7-16-13/h2-7,18H,8H2,1H3. The summed E-state index contributed by atoms with van der Waals surface area (Å²) < 4.78 is 13.1. The molecule has 0 radical (unpaired) electrons. The van der Waals surface area contributed by atoms with E-state index in [2.05, 4.69) is 4.98 Å². The number of aliphatic hydroxyl groups is 1. The highest BCUT2D eigenvalue weighted by atomic mass is 35.5. The molecule has 2 aromatic rings. The van der Waals surface area contributed by atoms with Crippen LogP contribution in [-0.4, -0.2) is 17.1 Å². The zero-order valence-corrected chi connectivity index (χ0v) is 10.5. The molecule has 0 amide bonds. The van der Waals surface area contributed by atoms with Crippen LogP contribution in [0.2, 0.25) is 5.02 Å². The van der Waals surface area contributed by atoms with Gasteiger partial charge in [-0.05, 0) is 29.8 Å². The van der Waals surface area contributed by atoms with Crippen LogP contribution in [0.1, 0.15) is 5.56 Å². The quantitative estimate of drug-likeness (QED) is 0.927. The van der Waals surface area contributed by atoms with Crippen molar-refractivity contribution in [3.63, 3.8) is 0 Å². The Kier molecular flexibility index (Phi) is 3.79. The van der Waals surface area contributed by atoms with E-state index in [1.165, 1.54) is 18.3 Å². The van der Waals surface area contributed by atoms with E-state index in [4.69, 9.17) is 16.7 Å². The highest BCUT2D eigenvalue weighted by molar-refractivity contribution is 6.33. The molecule has 0 atom stereocenters. The first-order valence-electron chi connectivity index (χ1n) is 5.36. The second-order valence-electron chi connectivity index (χ2n) is 3.85. The molecule has 0 bridgehead atoms. The van der Waals surface area contributed by atoms with Gasteiger partial charge in [-0.3, -0.25) is 0 Å². The summed E-state index contributed by atoms with van der Waals surface area (Å²) in [6.45, 7) is -0.114. The number of anilines is 2. The minimum atomic E-state index is -0.317. The summed E-state index contributed by atoms with van der Waals surface area (Å²) in [5.41, 5.74) is 1.29. The summed E-state index contributed by atoms with van der Waals surface area (Å²) in [5, 5.41) is 9.39. The third-order valence-electron chi connectivity index (χ3n) is 2.57. The van der Waals surface area contributed by atoms with Gasteiger partial charge in [0.05, 0.1) is 11.6 Å². The number of halogens is 2. The molecule has 3 nitrogen and oxygen atoms in total. The van der Waals surface area contributed by atoms with Gasteiger partial charge >= 0.3 is 0 Å². The molecule has 0 spiro atoms. The fourth-order valence-corrected chi connectivity index (χ4v) is 1.93. The molecule has 94 valence electrons. The van der Waals surface area contributed by atoms with Gasteiger partial charge in [-0.2, -0.15) is 0 Å². The number of pyridine rings is 1. The number of aromatic nitrogens is 1. The molecule has 1 heterocycles. The minimum Gasteiger partial charge on any atom is -0.392 e. The third kappa shape index (κ3) is 2.60. The molecule has 18 heavy (non-hydrogen) atoms. The molecule has 1 aromatic carbocycles. The number of benzene rings is 1. The zero-order valence-electron chi connectivity index (χ0n) is 9.77. The largest absolute Gasteiger partial charge is 0.392 e. The number of rotatable bonds is 3. The van der Waals surface area contributed by atoms with Crippen molar-refractivity contribution in [2.24, 2.45) is 0 Å². The van der Waals surface area contributed by atoms with E-state index in [0.717, 1.165) is 0 Å². The van der Waals surface area contributed by atoms with Crippen molar-refractivity contribution >= 4 is 23.1 Å². The van der Waals surface area contributed by atoms with Crippen LogP contribution in [0.3, 0.4) is 0 Å². The Morgan fingerprint density at radius 3 is 2.78 bits per heavy atom. The van der Waals surface area contributed by atoms with E-state index in [1.54, 1.807) is 30.1 Å². The summed E-state index contributed by atoms with van der Waals surface area (Å²) in [5.74, 6) is 0.196. The highest BCUT2D eigenvalue weighted by Gasteiger charge is 2.11. The first kappa shape index (κ1) is 12.8. The second kappa shape index (κ2) is 5.33. The lowest BCUT2D eigenvalue weighted by atomic mass is 10.2. The van der Waals surface area contributed by atoms with Gasteiger partial charge in [0.2, 0.25) is 0 Å². The van der Waals surface area contributed by atoms with Gasteiger partial charge < -0.3 is 10.0 Å². The van der Waals surface area contributed by atoms with Gasteiger partial charge in [0.15, 0.2) is 5.82 Å². The van der Waals surface area contributed by atoms with E-state index in [-0.39, 0.29) is 12.4 Å². The van der Waals surface area contributed by atoms with Gasteiger partial charge in [0.1, 0.15) is 5.82 Å². The Morgan fingerprint density at radius 2 is 2.17 bits per heavy atom. The summed E-state index contributed by atoms with van der Waals surface area (Å²) in [7, 11) is 1.75. The maximum atomic E-state index is 13.1. The second-order valence-corrected chi connectivity index (χ2v) is 4.25. The van der Waals surface area contributed by atoms with Crippen LogP contribution in [0.15, 0.2) is 36.5 Å². The Labute approximate surface area is 109 Å². The SMILES string of the molecule is CN(c1cccc(F)c1)c1ncc(CO)cc1Cl. The van der Waals surface area contributed by atoms with Crippen molar-refractivity contribution < 1.29 is 9.50 Å². The summed E-state index contributed by atoms with van der Waals surface area (Å²) >= 11 is 6.08. The van der Waals surface area contributed by atoms with Crippen LogP contribution in [0, 0.1) is 5.82 Å². The fraction of sp³-hybridized carbons (Fsp3) is 0.154. The molecule has 0 fully saturated rings. The lowest BCUT2D eigenvalue weighted by Gasteiger charge is -2.19. The maximum Gasteiger partial charge on any atom is 0.151 e. The van der Waals surface area contributed by atoms with Gasteiger partial charge in [-0.25, -0.2) is 9.37 Å². The molecule has 0 aliphatic heterocycles. The lowest BCUT2D eigenvalue weighted by Crippen LogP contribution is -2.12. The lowest BCUT2D eigenvalue weighted by molar-refractivity contribution is 0.281. The number of hydrogen-bond acceptors (Lipinski definition) is 3. The van der Waals surface area contributed by atoms with Crippen LogP contribution in [0.4, 0.5) is 15.9 Å². The van der Waals surface area contributed by atoms with Gasteiger partial charge in [0.25, 0.3) is 0 Å². The number of hydrogen-bond donors (Lipinski definition) is 1.